The number of ether oxygens (including phenoxy) is 1. The van der Waals surface area contributed by atoms with Crippen LogP contribution in [0.2, 0.25) is 0 Å². The Labute approximate surface area is 124 Å². The molecule has 0 bridgehead atoms. The van der Waals surface area contributed by atoms with Gasteiger partial charge in [0.2, 0.25) is 0 Å². The minimum Gasteiger partial charge on any atom is -0.375 e. The number of allylic oxidation sites excluding steroid dienone is 1. The van der Waals surface area contributed by atoms with Crippen molar-refractivity contribution < 1.29 is 9.13 Å². The smallest absolute Gasteiger partial charge is 0.133 e. The molecule has 0 saturated heterocycles. The molecule has 2 aliphatic rings. The van der Waals surface area contributed by atoms with Gasteiger partial charge in [0.05, 0.1) is 6.10 Å². The van der Waals surface area contributed by atoms with E-state index in [1.54, 1.807) is 0 Å². The second-order valence-corrected chi connectivity index (χ2v) is 7.10. The molecular weight excluding hydrogens is 342 g/mol. The van der Waals surface area contributed by atoms with Crippen molar-refractivity contribution in [3.8, 4) is 0 Å². The average Bonchev–Trinajstić information content (AvgIpc) is 2.40. The number of rotatable bonds is 3. The van der Waals surface area contributed by atoms with Gasteiger partial charge in [0.1, 0.15) is 6.17 Å². The molecule has 2 aliphatic carbocycles. The van der Waals surface area contributed by atoms with Crippen LogP contribution in [0.4, 0.5) is 4.39 Å². The molecular formula is C15H24FIO. The molecule has 0 aromatic rings. The standard InChI is InChI=1S/C15H24FIO/c1-10-8-13(14(16)11(2)15(10)17)18-9-12-6-4-3-5-7-12/h11-14H,3-9H2,1-2H3. The summed E-state index contributed by atoms with van der Waals surface area (Å²) < 4.78 is 21.4. The van der Waals surface area contributed by atoms with Gasteiger partial charge in [-0.25, -0.2) is 4.39 Å². The lowest BCUT2D eigenvalue weighted by Gasteiger charge is -2.33. The van der Waals surface area contributed by atoms with Gasteiger partial charge in [0, 0.05) is 12.5 Å². The lowest BCUT2D eigenvalue weighted by molar-refractivity contribution is -0.0377. The first-order chi connectivity index (χ1) is 8.59. The Bertz CT molecular complexity index is 310. The van der Waals surface area contributed by atoms with Gasteiger partial charge in [-0.2, -0.15) is 0 Å². The summed E-state index contributed by atoms with van der Waals surface area (Å²) >= 11 is 2.29. The van der Waals surface area contributed by atoms with Crippen molar-refractivity contribution in [3.05, 3.63) is 9.15 Å². The maximum Gasteiger partial charge on any atom is 0.133 e. The van der Waals surface area contributed by atoms with Crippen LogP contribution in [-0.2, 0) is 4.74 Å². The van der Waals surface area contributed by atoms with Crippen molar-refractivity contribution in [2.24, 2.45) is 11.8 Å². The van der Waals surface area contributed by atoms with Crippen LogP contribution in [0, 0.1) is 11.8 Å². The van der Waals surface area contributed by atoms with Crippen LogP contribution < -0.4 is 0 Å². The van der Waals surface area contributed by atoms with Crippen molar-refractivity contribution in [2.75, 3.05) is 6.61 Å². The number of halogens is 2. The maximum absolute atomic E-state index is 14.3. The van der Waals surface area contributed by atoms with Gasteiger partial charge < -0.3 is 4.74 Å². The molecule has 0 amide bonds. The molecule has 2 rings (SSSR count). The zero-order chi connectivity index (χ0) is 13.1. The van der Waals surface area contributed by atoms with E-state index in [1.165, 1.54) is 41.3 Å². The fraction of sp³-hybridized carbons (Fsp3) is 0.867. The van der Waals surface area contributed by atoms with E-state index in [0.717, 1.165) is 13.0 Å². The monoisotopic (exact) mass is 366 g/mol. The summed E-state index contributed by atoms with van der Waals surface area (Å²) in [6.45, 7) is 4.86. The molecule has 1 fully saturated rings. The Kier molecular flexibility index (Phi) is 5.48. The Morgan fingerprint density at radius 2 is 1.94 bits per heavy atom. The highest BCUT2D eigenvalue weighted by atomic mass is 127. The average molecular weight is 366 g/mol. The van der Waals surface area contributed by atoms with E-state index in [1.807, 2.05) is 6.92 Å². The van der Waals surface area contributed by atoms with Crippen LogP contribution >= 0.6 is 22.6 Å². The molecule has 0 heterocycles. The highest BCUT2D eigenvalue weighted by Crippen LogP contribution is 2.37. The van der Waals surface area contributed by atoms with Gasteiger partial charge in [-0.1, -0.05) is 31.8 Å². The highest BCUT2D eigenvalue weighted by Gasteiger charge is 2.35. The number of hydrogen-bond donors (Lipinski definition) is 0. The Morgan fingerprint density at radius 1 is 1.28 bits per heavy atom. The predicted octanol–water partition coefficient (Wildman–Crippen LogP) is 5.04. The SMILES string of the molecule is CC1=C(I)C(C)C(F)C(OCC2CCCCC2)C1. The molecule has 0 N–H and O–H groups in total. The Balaban J connectivity index is 1.86. The second-order valence-electron chi connectivity index (χ2n) is 5.94. The summed E-state index contributed by atoms with van der Waals surface area (Å²) in [5, 5.41) is 0. The van der Waals surface area contributed by atoms with E-state index < -0.39 is 6.17 Å². The van der Waals surface area contributed by atoms with E-state index in [-0.39, 0.29) is 12.0 Å². The van der Waals surface area contributed by atoms with Crippen molar-refractivity contribution in [1.29, 1.82) is 0 Å². The molecule has 1 saturated carbocycles. The quantitative estimate of drug-likeness (QED) is 0.636. The summed E-state index contributed by atoms with van der Waals surface area (Å²) in [6, 6.07) is 0. The second kappa shape index (κ2) is 6.69. The van der Waals surface area contributed by atoms with Crippen molar-refractivity contribution in [1.82, 2.24) is 0 Å². The van der Waals surface area contributed by atoms with E-state index in [2.05, 4.69) is 29.5 Å². The molecule has 3 atom stereocenters. The first kappa shape index (κ1) is 14.8. The van der Waals surface area contributed by atoms with Gasteiger partial charge >= 0.3 is 0 Å². The van der Waals surface area contributed by atoms with Crippen LogP contribution in [0.25, 0.3) is 0 Å². The molecule has 0 aromatic heterocycles. The molecule has 0 aromatic carbocycles. The first-order valence-corrected chi connectivity index (χ1v) is 8.28. The lowest BCUT2D eigenvalue weighted by atomic mass is 9.87. The zero-order valence-electron chi connectivity index (χ0n) is 11.4. The van der Waals surface area contributed by atoms with Crippen LogP contribution in [0.15, 0.2) is 9.15 Å². The molecule has 3 unspecified atom stereocenters. The predicted molar refractivity (Wildman–Crippen MR) is 81.7 cm³/mol. The van der Waals surface area contributed by atoms with E-state index in [0.29, 0.717) is 5.92 Å². The Morgan fingerprint density at radius 3 is 2.61 bits per heavy atom. The zero-order valence-corrected chi connectivity index (χ0v) is 13.6. The largest absolute Gasteiger partial charge is 0.375 e. The number of alkyl halides is 1. The van der Waals surface area contributed by atoms with Crippen LogP contribution in [0.3, 0.4) is 0 Å². The minimum atomic E-state index is -0.829. The summed E-state index contributed by atoms with van der Waals surface area (Å²) in [6.07, 6.45) is 6.29. The van der Waals surface area contributed by atoms with Gasteiger partial charge in [0.15, 0.2) is 0 Å². The van der Waals surface area contributed by atoms with Crippen molar-refractivity contribution in [2.45, 2.75) is 64.6 Å². The van der Waals surface area contributed by atoms with Gasteiger partial charge in [-0.05, 0) is 58.3 Å². The molecule has 1 nitrogen and oxygen atoms in total. The molecule has 3 heteroatoms. The van der Waals surface area contributed by atoms with Crippen LogP contribution in [0.1, 0.15) is 52.4 Å². The molecule has 0 aliphatic heterocycles. The lowest BCUT2D eigenvalue weighted by Crippen LogP contribution is -2.36. The summed E-state index contributed by atoms with van der Waals surface area (Å²) in [5.74, 6) is 0.683. The maximum atomic E-state index is 14.3. The fourth-order valence-corrected chi connectivity index (χ4v) is 3.69. The molecule has 0 radical (unpaired) electrons. The first-order valence-electron chi connectivity index (χ1n) is 7.20. The van der Waals surface area contributed by atoms with Crippen LogP contribution in [0.5, 0.6) is 0 Å². The number of hydrogen-bond acceptors (Lipinski definition) is 1. The summed E-state index contributed by atoms with van der Waals surface area (Å²) in [5.41, 5.74) is 1.31. The topological polar surface area (TPSA) is 9.23 Å². The third-order valence-corrected chi connectivity index (χ3v) is 6.32. The van der Waals surface area contributed by atoms with Crippen molar-refractivity contribution >= 4 is 22.6 Å². The van der Waals surface area contributed by atoms with E-state index in [9.17, 15) is 4.39 Å². The molecule has 104 valence electrons. The van der Waals surface area contributed by atoms with Crippen molar-refractivity contribution in [3.63, 3.8) is 0 Å². The molecule has 0 spiro atoms. The van der Waals surface area contributed by atoms with Gasteiger partial charge in [-0.15, -0.1) is 0 Å². The third kappa shape index (κ3) is 3.47. The third-order valence-electron chi connectivity index (χ3n) is 4.42. The normalized spacial score (nSPS) is 35.0. The van der Waals surface area contributed by atoms with E-state index in [4.69, 9.17) is 4.74 Å². The van der Waals surface area contributed by atoms with Gasteiger partial charge in [0.25, 0.3) is 0 Å². The Hall–Kier alpha value is 0.360. The highest BCUT2D eigenvalue weighted by molar-refractivity contribution is 14.1. The summed E-state index contributed by atoms with van der Waals surface area (Å²) in [4.78, 5) is 0. The minimum absolute atomic E-state index is 0.00991. The summed E-state index contributed by atoms with van der Waals surface area (Å²) in [7, 11) is 0. The van der Waals surface area contributed by atoms with Crippen LogP contribution in [-0.4, -0.2) is 18.9 Å². The molecule has 18 heavy (non-hydrogen) atoms. The van der Waals surface area contributed by atoms with Gasteiger partial charge in [-0.3, -0.25) is 0 Å². The fourth-order valence-electron chi connectivity index (χ4n) is 3.13. The van der Waals surface area contributed by atoms with E-state index >= 15 is 0 Å².